The van der Waals surface area contributed by atoms with Crippen molar-refractivity contribution in [2.45, 2.75) is 64.6 Å². The number of rotatable bonds is 6. The van der Waals surface area contributed by atoms with E-state index in [-0.39, 0.29) is 23.8 Å². The normalized spacial score (nSPS) is 19.1. The van der Waals surface area contributed by atoms with Gasteiger partial charge in [-0.15, -0.1) is 0 Å². The van der Waals surface area contributed by atoms with Crippen molar-refractivity contribution in [3.8, 4) is 11.3 Å². The van der Waals surface area contributed by atoms with Crippen LogP contribution in [0, 0.1) is 5.41 Å². The molecular formula is C29H32N4O3. The van der Waals surface area contributed by atoms with Crippen LogP contribution < -0.4 is 5.32 Å². The highest BCUT2D eigenvalue weighted by atomic mass is 16.3. The predicted molar refractivity (Wildman–Crippen MR) is 136 cm³/mol. The van der Waals surface area contributed by atoms with E-state index in [1.807, 2.05) is 24.3 Å². The molecule has 1 fully saturated rings. The van der Waals surface area contributed by atoms with Gasteiger partial charge in [0.05, 0.1) is 18.3 Å². The van der Waals surface area contributed by atoms with Gasteiger partial charge in [-0.25, -0.2) is 0 Å². The smallest absolute Gasteiger partial charge is 0.255 e. The maximum atomic E-state index is 13.3. The number of aromatic nitrogens is 2. The Kier molecular flexibility index (Phi) is 5.48. The minimum Gasteiger partial charge on any atom is -0.394 e. The molecule has 0 spiro atoms. The Morgan fingerprint density at radius 2 is 2.00 bits per heavy atom. The van der Waals surface area contributed by atoms with Crippen molar-refractivity contribution >= 4 is 11.8 Å². The lowest BCUT2D eigenvalue weighted by atomic mass is 9.76. The minimum absolute atomic E-state index is 0.0779. The van der Waals surface area contributed by atoms with Crippen LogP contribution in [0.3, 0.4) is 0 Å². The number of nitrogens with one attached hydrogen (secondary N) is 2. The second-order valence-electron chi connectivity index (χ2n) is 11.2. The number of aliphatic hydroxyl groups is 1. The number of aliphatic hydroxyl groups excluding tert-OH is 1. The summed E-state index contributed by atoms with van der Waals surface area (Å²) >= 11 is 0. The van der Waals surface area contributed by atoms with E-state index in [4.69, 9.17) is 0 Å². The highest BCUT2D eigenvalue weighted by molar-refractivity contribution is 5.99. The first-order chi connectivity index (χ1) is 17.3. The van der Waals surface area contributed by atoms with E-state index >= 15 is 0 Å². The number of carbonyl (C=O) groups is 2. The second-order valence-corrected chi connectivity index (χ2v) is 11.2. The number of nitrogens with zero attached hydrogens (tertiary/aromatic N) is 2. The molecule has 2 heterocycles. The summed E-state index contributed by atoms with van der Waals surface area (Å²) in [5.74, 6) is -0.164. The van der Waals surface area contributed by atoms with Gasteiger partial charge in [0, 0.05) is 40.5 Å². The van der Waals surface area contributed by atoms with Gasteiger partial charge in [0.25, 0.3) is 11.8 Å². The summed E-state index contributed by atoms with van der Waals surface area (Å²) in [5.41, 5.74) is 7.80. The standard InChI is InChI=1S/C29H32N4O3/c1-29(2)12-11-23-24(14-29)31-32-26(23)19-7-10-22-20(13-19)15-33(28(22)36)25(16-34)17-3-5-18(6-4-17)27(35)30-21-8-9-21/h3-7,10,13,21,25,34H,8-9,11-12,14-16H2,1-2H3,(H,30,35)(H,31,32)/t25-/m1/s1. The van der Waals surface area contributed by atoms with E-state index in [0.717, 1.165) is 54.5 Å². The van der Waals surface area contributed by atoms with E-state index in [1.165, 1.54) is 11.3 Å². The summed E-state index contributed by atoms with van der Waals surface area (Å²) in [4.78, 5) is 27.3. The largest absolute Gasteiger partial charge is 0.394 e. The maximum absolute atomic E-state index is 13.3. The van der Waals surface area contributed by atoms with Gasteiger partial charge in [-0.3, -0.25) is 14.7 Å². The van der Waals surface area contributed by atoms with Gasteiger partial charge in [-0.2, -0.15) is 5.10 Å². The monoisotopic (exact) mass is 484 g/mol. The first-order valence-electron chi connectivity index (χ1n) is 12.8. The maximum Gasteiger partial charge on any atom is 0.255 e. The van der Waals surface area contributed by atoms with Crippen LogP contribution in [0.25, 0.3) is 11.3 Å². The average molecular weight is 485 g/mol. The molecule has 0 radical (unpaired) electrons. The van der Waals surface area contributed by atoms with Crippen molar-refractivity contribution in [3.63, 3.8) is 0 Å². The van der Waals surface area contributed by atoms with Crippen LogP contribution in [-0.4, -0.2) is 44.7 Å². The van der Waals surface area contributed by atoms with E-state index in [2.05, 4.69) is 35.4 Å². The second kappa shape index (κ2) is 8.59. The summed E-state index contributed by atoms with van der Waals surface area (Å²) in [6.45, 7) is 4.82. The van der Waals surface area contributed by atoms with Crippen molar-refractivity contribution in [2.24, 2.45) is 5.41 Å². The van der Waals surface area contributed by atoms with Crippen molar-refractivity contribution in [1.82, 2.24) is 20.4 Å². The first-order valence-corrected chi connectivity index (χ1v) is 12.8. The third-order valence-corrected chi connectivity index (χ3v) is 7.89. The Hall–Kier alpha value is -3.45. The van der Waals surface area contributed by atoms with Crippen LogP contribution in [0.15, 0.2) is 42.5 Å². The molecule has 1 aliphatic heterocycles. The number of H-pyrrole nitrogens is 1. The number of carbonyl (C=O) groups excluding carboxylic acids is 2. The van der Waals surface area contributed by atoms with Gasteiger partial charge < -0.3 is 15.3 Å². The molecule has 186 valence electrons. The zero-order valence-corrected chi connectivity index (χ0v) is 20.8. The number of amides is 2. The first kappa shape index (κ1) is 23.0. The number of hydrogen-bond acceptors (Lipinski definition) is 4. The molecule has 3 N–H and O–H groups in total. The van der Waals surface area contributed by atoms with Gasteiger partial charge in [-0.05, 0) is 72.9 Å². The molecule has 0 unspecified atom stereocenters. The zero-order valence-electron chi connectivity index (χ0n) is 20.8. The van der Waals surface area contributed by atoms with Gasteiger partial charge in [0.15, 0.2) is 0 Å². The van der Waals surface area contributed by atoms with Crippen LogP contribution >= 0.6 is 0 Å². The summed E-state index contributed by atoms with van der Waals surface area (Å²) < 4.78 is 0. The molecule has 7 heteroatoms. The van der Waals surface area contributed by atoms with Crippen molar-refractivity contribution in [3.05, 3.63) is 76.0 Å². The highest BCUT2D eigenvalue weighted by Gasteiger charge is 2.35. The lowest BCUT2D eigenvalue weighted by Crippen LogP contribution is -2.31. The Morgan fingerprint density at radius 3 is 2.72 bits per heavy atom. The molecule has 2 aromatic carbocycles. The fraction of sp³-hybridized carbons (Fsp3) is 0.414. The average Bonchev–Trinajstić information content (AvgIpc) is 3.50. The van der Waals surface area contributed by atoms with Gasteiger partial charge >= 0.3 is 0 Å². The van der Waals surface area contributed by atoms with E-state index < -0.39 is 6.04 Å². The van der Waals surface area contributed by atoms with Crippen molar-refractivity contribution < 1.29 is 14.7 Å². The third-order valence-electron chi connectivity index (χ3n) is 7.89. The molecule has 1 atom stereocenters. The van der Waals surface area contributed by atoms with Crippen LogP contribution in [0.5, 0.6) is 0 Å². The number of fused-ring (bicyclic) bond motifs is 2. The summed E-state index contributed by atoms with van der Waals surface area (Å²) in [7, 11) is 0. The molecule has 1 saturated carbocycles. The van der Waals surface area contributed by atoms with Crippen LogP contribution in [0.4, 0.5) is 0 Å². The minimum atomic E-state index is -0.478. The van der Waals surface area contributed by atoms with E-state index in [1.54, 1.807) is 17.0 Å². The Labute approximate surface area is 210 Å². The zero-order chi connectivity index (χ0) is 25.0. The predicted octanol–water partition coefficient (Wildman–Crippen LogP) is 4.17. The number of hydrogen-bond donors (Lipinski definition) is 3. The molecule has 3 aromatic rings. The lowest BCUT2D eigenvalue weighted by molar-refractivity contribution is 0.0615. The molecular weight excluding hydrogens is 452 g/mol. The molecule has 36 heavy (non-hydrogen) atoms. The van der Waals surface area contributed by atoms with Crippen molar-refractivity contribution in [2.75, 3.05) is 6.61 Å². The van der Waals surface area contributed by atoms with Gasteiger partial charge in [-0.1, -0.05) is 32.0 Å². The fourth-order valence-corrected chi connectivity index (χ4v) is 5.57. The fourth-order valence-electron chi connectivity index (χ4n) is 5.57. The number of benzene rings is 2. The molecule has 0 bridgehead atoms. The Bertz CT molecular complexity index is 1340. The van der Waals surface area contributed by atoms with Crippen LogP contribution in [0.1, 0.15) is 82.3 Å². The van der Waals surface area contributed by atoms with Gasteiger partial charge in [0.1, 0.15) is 0 Å². The quantitative estimate of drug-likeness (QED) is 0.489. The summed E-state index contributed by atoms with van der Waals surface area (Å²) in [6, 6.07) is 13.0. The highest BCUT2D eigenvalue weighted by Crippen LogP contribution is 2.39. The van der Waals surface area contributed by atoms with E-state index in [9.17, 15) is 14.7 Å². The molecule has 6 rings (SSSR count). The number of aromatic amines is 1. The molecule has 3 aliphatic rings. The van der Waals surface area contributed by atoms with E-state index in [0.29, 0.717) is 23.7 Å². The van der Waals surface area contributed by atoms with Crippen molar-refractivity contribution in [1.29, 1.82) is 0 Å². The van der Waals surface area contributed by atoms with Crippen LogP contribution in [0.2, 0.25) is 0 Å². The Morgan fingerprint density at radius 1 is 1.22 bits per heavy atom. The van der Waals surface area contributed by atoms with Crippen LogP contribution in [-0.2, 0) is 19.4 Å². The molecule has 0 saturated heterocycles. The third kappa shape index (κ3) is 4.11. The van der Waals surface area contributed by atoms with Gasteiger partial charge in [0.2, 0.25) is 0 Å². The molecule has 2 amide bonds. The summed E-state index contributed by atoms with van der Waals surface area (Å²) in [5, 5.41) is 21.1. The topological polar surface area (TPSA) is 98.3 Å². The lowest BCUT2D eigenvalue weighted by Gasteiger charge is -2.29. The molecule has 1 aromatic heterocycles. The SMILES string of the molecule is CC1(C)CCc2c(-c3ccc4c(c3)CN([C@H](CO)c3ccc(C(=O)NC5CC5)cc3)C4=O)n[nH]c2C1. The molecule has 7 nitrogen and oxygen atoms in total. The Balaban J connectivity index is 1.23. The molecule has 2 aliphatic carbocycles. The summed E-state index contributed by atoms with van der Waals surface area (Å²) in [6.07, 6.45) is 5.19.